The summed E-state index contributed by atoms with van der Waals surface area (Å²) in [6.07, 6.45) is 5.16. The van der Waals surface area contributed by atoms with Crippen molar-refractivity contribution in [1.82, 2.24) is 4.90 Å². The molecule has 0 aliphatic heterocycles. The van der Waals surface area contributed by atoms with Gasteiger partial charge in [-0.2, -0.15) is 0 Å². The van der Waals surface area contributed by atoms with E-state index in [2.05, 4.69) is 40.9 Å². The smallest absolute Gasteiger partial charge is 0.0485 e. The second kappa shape index (κ2) is 7.26. The van der Waals surface area contributed by atoms with E-state index in [9.17, 15) is 0 Å². The number of nitrogens with two attached hydrogens (primary N) is 1. The van der Waals surface area contributed by atoms with E-state index in [0.29, 0.717) is 12.6 Å². The number of likely N-dealkylation sites (N-methyl/N-ethyl adjacent to an activating group) is 1. The fourth-order valence-corrected chi connectivity index (χ4v) is 3.81. The van der Waals surface area contributed by atoms with E-state index < -0.39 is 0 Å². The Morgan fingerprint density at radius 2 is 2.00 bits per heavy atom. The third-order valence-corrected chi connectivity index (χ3v) is 5.43. The first-order valence-electron chi connectivity index (χ1n) is 7.40. The van der Waals surface area contributed by atoms with Crippen LogP contribution in [0.2, 0.25) is 5.02 Å². The highest BCUT2D eigenvalue weighted by Crippen LogP contribution is 2.34. The minimum atomic E-state index is 0.193. The number of benzene rings is 1. The average Bonchev–Trinajstić information content (AvgIpc) is 2.44. The van der Waals surface area contributed by atoms with Crippen molar-refractivity contribution in [2.24, 2.45) is 11.7 Å². The summed E-state index contributed by atoms with van der Waals surface area (Å²) in [6, 6.07) is 6.83. The summed E-state index contributed by atoms with van der Waals surface area (Å²) < 4.78 is 1.06. The van der Waals surface area contributed by atoms with E-state index in [0.717, 1.165) is 21.0 Å². The molecule has 4 heteroatoms. The maximum absolute atomic E-state index is 6.37. The van der Waals surface area contributed by atoms with Crippen LogP contribution in [0.1, 0.15) is 44.2 Å². The first-order chi connectivity index (χ1) is 9.52. The van der Waals surface area contributed by atoms with Crippen LogP contribution in [-0.2, 0) is 0 Å². The molecule has 1 aliphatic rings. The van der Waals surface area contributed by atoms with Crippen LogP contribution in [0.5, 0.6) is 0 Å². The summed E-state index contributed by atoms with van der Waals surface area (Å²) in [6.45, 7) is 2.94. The van der Waals surface area contributed by atoms with Gasteiger partial charge in [0.15, 0.2) is 0 Å². The molecule has 0 bridgehead atoms. The van der Waals surface area contributed by atoms with Crippen LogP contribution in [0.4, 0.5) is 0 Å². The zero-order valence-electron chi connectivity index (χ0n) is 12.3. The molecule has 2 N–H and O–H groups in total. The SMILES string of the molecule is CC1CCC(N(C)C(CN)c2cc(Br)ccc2Cl)CC1. The molecule has 0 amide bonds. The second-order valence-corrected chi connectivity index (χ2v) is 7.32. The number of hydrogen-bond acceptors (Lipinski definition) is 2. The fraction of sp³-hybridized carbons (Fsp3) is 0.625. The molecule has 0 radical (unpaired) electrons. The Morgan fingerprint density at radius 1 is 1.35 bits per heavy atom. The molecular formula is C16H24BrClN2. The Labute approximate surface area is 135 Å². The Kier molecular flexibility index (Phi) is 5.91. The summed E-state index contributed by atoms with van der Waals surface area (Å²) in [5.41, 5.74) is 7.17. The van der Waals surface area contributed by atoms with E-state index in [-0.39, 0.29) is 6.04 Å². The molecule has 1 atom stereocenters. The van der Waals surface area contributed by atoms with Crippen molar-refractivity contribution in [2.45, 2.75) is 44.7 Å². The normalized spacial score (nSPS) is 24.9. The summed E-state index contributed by atoms with van der Waals surface area (Å²) in [7, 11) is 2.19. The zero-order valence-corrected chi connectivity index (χ0v) is 14.6. The van der Waals surface area contributed by atoms with Gasteiger partial charge in [0.1, 0.15) is 0 Å². The number of halogens is 2. The predicted molar refractivity (Wildman–Crippen MR) is 90.1 cm³/mol. The molecule has 1 fully saturated rings. The van der Waals surface area contributed by atoms with Crippen LogP contribution in [-0.4, -0.2) is 24.5 Å². The zero-order chi connectivity index (χ0) is 14.7. The Balaban J connectivity index is 2.16. The van der Waals surface area contributed by atoms with Gasteiger partial charge < -0.3 is 5.73 Å². The molecule has 112 valence electrons. The van der Waals surface area contributed by atoms with Crippen molar-refractivity contribution in [3.63, 3.8) is 0 Å². The summed E-state index contributed by atoms with van der Waals surface area (Å²) >= 11 is 9.90. The highest BCUT2D eigenvalue weighted by Gasteiger charge is 2.27. The standard InChI is InChI=1S/C16H24BrClN2/c1-11-3-6-13(7-4-11)20(2)16(10-19)14-9-12(17)5-8-15(14)18/h5,8-9,11,13,16H,3-4,6-7,10,19H2,1-2H3. The lowest BCUT2D eigenvalue weighted by Crippen LogP contribution is -2.40. The number of hydrogen-bond donors (Lipinski definition) is 1. The highest BCUT2D eigenvalue weighted by atomic mass is 79.9. The van der Waals surface area contributed by atoms with Crippen molar-refractivity contribution in [1.29, 1.82) is 0 Å². The maximum Gasteiger partial charge on any atom is 0.0485 e. The van der Waals surface area contributed by atoms with Crippen LogP contribution in [0.25, 0.3) is 0 Å². The minimum Gasteiger partial charge on any atom is -0.329 e. The molecule has 0 aromatic heterocycles. The van der Waals surface area contributed by atoms with Gasteiger partial charge in [-0.1, -0.05) is 34.5 Å². The highest BCUT2D eigenvalue weighted by molar-refractivity contribution is 9.10. The van der Waals surface area contributed by atoms with Gasteiger partial charge >= 0.3 is 0 Å². The molecule has 0 saturated heterocycles. The lowest BCUT2D eigenvalue weighted by molar-refractivity contribution is 0.126. The summed E-state index contributed by atoms with van der Waals surface area (Å²) in [4.78, 5) is 2.43. The van der Waals surface area contributed by atoms with E-state index in [1.165, 1.54) is 25.7 Å². The van der Waals surface area contributed by atoms with Gasteiger partial charge in [0, 0.05) is 28.1 Å². The van der Waals surface area contributed by atoms with Gasteiger partial charge in [0.25, 0.3) is 0 Å². The number of rotatable bonds is 4. The van der Waals surface area contributed by atoms with Crippen molar-refractivity contribution < 1.29 is 0 Å². The Hall–Kier alpha value is -0.0900. The quantitative estimate of drug-likeness (QED) is 0.850. The van der Waals surface area contributed by atoms with Crippen LogP contribution < -0.4 is 5.73 Å². The average molecular weight is 360 g/mol. The third-order valence-electron chi connectivity index (χ3n) is 4.59. The molecule has 1 aromatic carbocycles. The topological polar surface area (TPSA) is 29.3 Å². The molecular weight excluding hydrogens is 336 g/mol. The van der Waals surface area contributed by atoms with E-state index >= 15 is 0 Å². The molecule has 1 aliphatic carbocycles. The van der Waals surface area contributed by atoms with Gasteiger partial charge in [-0.15, -0.1) is 0 Å². The van der Waals surface area contributed by atoms with Gasteiger partial charge in [-0.3, -0.25) is 4.90 Å². The van der Waals surface area contributed by atoms with E-state index in [4.69, 9.17) is 17.3 Å². The van der Waals surface area contributed by atoms with Crippen LogP contribution >= 0.6 is 27.5 Å². The van der Waals surface area contributed by atoms with Gasteiger partial charge in [0.2, 0.25) is 0 Å². The van der Waals surface area contributed by atoms with Crippen LogP contribution in [0.3, 0.4) is 0 Å². The first kappa shape index (κ1) is 16.3. The fourth-order valence-electron chi connectivity index (χ4n) is 3.19. The molecule has 1 aromatic rings. The minimum absolute atomic E-state index is 0.193. The van der Waals surface area contributed by atoms with Gasteiger partial charge in [-0.05, 0) is 62.4 Å². The molecule has 2 rings (SSSR count). The van der Waals surface area contributed by atoms with E-state index in [1.54, 1.807) is 0 Å². The lowest BCUT2D eigenvalue weighted by atomic mass is 9.86. The Bertz CT molecular complexity index is 444. The number of nitrogens with zero attached hydrogens (tertiary/aromatic N) is 1. The first-order valence-corrected chi connectivity index (χ1v) is 8.57. The third kappa shape index (κ3) is 3.76. The monoisotopic (exact) mass is 358 g/mol. The summed E-state index contributed by atoms with van der Waals surface area (Å²) in [5, 5.41) is 0.805. The molecule has 1 unspecified atom stereocenters. The molecule has 0 spiro atoms. The summed E-state index contributed by atoms with van der Waals surface area (Å²) in [5.74, 6) is 0.866. The Morgan fingerprint density at radius 3 is 2.60 bits per heavy atom. The maximum atomic E-state index is 6.37. The largest absolute Gasteiger partial charge is 0.329 e. The predicted octanol–water partition coefficient (Wildman–Crippen LogP) is 4.61. The van der Waals surface area contributed by atoms with E-state index in [1.807, 2.05) is 12.1 Å². The van der Waals surface area contributed by atoms with Crippen molar-refractivity contribution in [2.75, 3.05) is 13.6 Å². The lowest BCUT2D eigenvalue weighted by Gasteiger charge is -2.38. The molecule has 2 nitrogen and oxygen atoms in total. The van der Waals surface area contributed by atoms with Crippen LogP contribution in [0, 0.1) is 5.92 Å². The van der Waals surface area contributed by atoms with Crippen molar-refractivity contribution >= 4 is 27.5 Å². The van der Waals surface area contributed by atoms with Crippen LogP contribution in [0.15, 0.2) is 22.7 Å². The van der Waals surface area contributed by atoms with Crippen molar-refractivity contribution in [3.05, 3.63) is 33.3 Å². The molecule has 1 saturated carbocycles. The second-order valence-electron chi connectivity index (χ2n) is 6.00. The molecule has 20 heavy (non-hydrogen) atoms. The van der Waals surface area contributed by atoms with Gasteiger partial charge in [0.05, 0.1) is 0 Å². The molecule has 0 heterocycles. The van der Waals surface area contributed by atoms with Gasteiger partial charge in [-0.25, -0.2) is 0 Å². The van der Waals surface area contributed by atoms with Crippen molar-refractivity contribution in [3.8, 4) is 0 Å².